The van der Waals surface area contributed by atoms with Crippen LogP contribution in [0.3, 0.4) is 0 Å². The lowest BCUT2D eigenvalue weighted by Gasteiger charge is -2.03. The molecule has 116 valence electrons. The van der Waals surface area contributed by atoms with Crippen molar-refractivity contribution in [2.24, 2.45) is 0 Å². The third-order valence-corrected chi connectivity index (χ3v) is 3.96. The molecule has 0 unspecified atom stereocenters. The molecule has 0 fully saturated rings. The molecule has 0 bridgehead atoms. The topological polar surface area (TPSA) is 39.2 Å². The van der Waals surface area contributed by atoms with Crippen molar-refractivity contribution >= 4 is 17.3 Å². The van der Waals surface area contributed by atoms with E-state index in [1.54, 1.807) is 5.38 Å². The van der Waals surface area contributed by atoms with Gasteiger partial charge in [0.25, 0.3) is 0 Å². The SMILES string of the molecule is O=C(OCc1csc(-c2ccccc2)n1)c1cc(F)cc(F)c1. The molecule has 0 aliphatic carbocycles. The van der Waals surface area contributed by atoms with Crippen LogP contribution in [0.25, 0.3) is 10.6 Å². The summed E-state index contributed by atoms with van der Waals surface area (Å²) < 4.78 is 31.2. The molecule has 1 heterocycles. The van der Waals surface area contributed by atoms with Crippen molar-refractivity contribution in [3.63, 3.8) is 0 Å². The molecule has 1 aromatic heterocycles. The second-order valence-corrected chi connectivity index (χ2v) is 5.60. The first-order chi connectivity index (χ1) is 11.1. The van der Waals surface area contributed by atoms with Gasteiger partial charge in [0.15, 0.2) is 0 Å². The molecule has 0 aliphatic rings. The van der Waals surface area contributed by atoms with Crippen LogP contribution in [0.5, 0.6) is 0 Å². The van der Waals surface area contributed by atoms with Gasteiger partial charge in [-0.05, 0) is 12.1 Å². The van der Waals surface area contributed by atoms with Crippen molar-refractivity contribution in [3.8, 4) is 10.6 Å². The zero-order chi connectivity index (χ0) is 16.2. The van der Waals surface area contributed by atoms with Crippen molar-refractivity contribution in [2.75, 3.05) is 0 Å². The third-order valence-electron chi connectivity index (χ3n) is 3.02. The van der Waals surface area contributed by atoms with Gasteiger partial charge >= 0.3 is 5.97 Å². The molecular formula is C17H11F2NO2S. The van der Waals surface area contributed by atoms with E-state index in [2.05, 4.69) is 4.98 Å². The van der Waals surface area contributed by atoms with E-state index < -0.39 is 17.6 Å². The molecule has 2 aromatic carbocycles. The lowest BCUT2D eigenvalue weighted by molar-refractivity contribution is 0.0467. The van der Waals surface area contributed by atoms with Crippen molar-refractivity contribution in [2.45, 2.75) is 6.61 Å². The lowest BCUT2D eigenvalue weighted by Crippen LogP contribution is -2.06. The predicted octanol–water partition coefficient (Wildman–Crippen LogP) is 4.45. The van der Waals surface area contributed by atoms with Gasteiger partial charge < -0.3 is 4.74 Å². The number of carbonyl (C=O) groups excluding carboxylic acids is 1. The fraction of sp³-hybridized carbons (Fsp3) is 0.0588. The van der Waals surface area contributed by atoms with Crippen LogP contribution in [0.1, 0.15) is 16.1 Å². The van der Waals surface area contributed by atoms with E-state index in [-0.39, 0.29) is 12.2 Å². The maximum Gasteiger partial charge on any atom is 0.338 e. The molecule has 3 aromatic rings. The highest BCUT2D eigenvalue weighted by molar-refractivity contribution is 7.13. The van der Waals surface area contributed by atoms with Crippen LogP contribution in [0.4, 0.5) is 8.78 Å². The molecule has 0 aliphatic heterocycles. The second-order valence-electron chi connectivity index (χ2n) is 4.74. The number of ether oxygens (including phenoxy) is 1. The summed E-state index contributed by atoms with van der Waals surface area (Å²) in [7, 11) is 0. The number of hydrogen-bond donors (Lipinski definition) is 0. The first kappa shape index (κ1) is 15.3. The Balaban J connectivity index is 1.67. The minimum atomic E-state index is -0.822. The average Bonchev–Trinajstić information content (AvgIpc) is 3.01. The Morgan fingerprint density at radius 1 is 1.09 bits per heavy atom. The van der Waals surface area contributed by atoms with Crippen molar-refractivity contribution in [1.29, 1.82) is 0 Å². The zero-order valence-corrected chi connectivity index (χ0v) is 12.6. The van der Waals surface area contributed by atoms with Crippen LogP contribution >= 0.6 is 11.3 Å². The van der Waals surface area contributed by atoms with Gasteiger partial charge in [0, 0.05) is 17.0 Å². The molecule has 6 heteroatoms. The number of benzene rings is 2. The second kappa shape index (κ2) is 6.66. The number of carbonyl (C=O) groups is 1. The van der Waals surface area contributed by atoms with Gasteiger partial charge in [-0.25, -0.2) is 18.6 Å². The molecule has 0 atom stereocenters. The standard InChI is InChI=1S/C17H11F2NO2S/c18-13-6-12(7-14(19)8-13)17(21)22-9-15-10-23-16(20-15)11-4-2-1-3-5-11/h1-8,10H,9H2. The number of aromatic nitrogens is 1. The molecule has 0 amide bonds. The average molecular weight is 331 g/mol. The molecule has 0 saturated carbocycles. The van der Waals surface area contributed by atoms with Gasteiger partial charge in [-0.15, -0.1) is 11.3 Å². The minimum absolute atomic E-state index is 0.0553. The summed E-state index contributed by atoms with van der Waals surface area (Å²) in [6, 6.07) is 12.2. The van der Waals surface area contributed by atoms with E-state index >= 15 is 0 Å². The summed E-state index contributed by atoms with van der Waals surface area (Å²) in [6.45, 7) is -0.0553. The maximum atomic E-state index is 13.1. The highest BCUT2D eigenvalue weighted by Crippen LogP contribution is 2.23. The highest BCUT2D eigenvalue weighted by atomic mass is 32.1. The number of halogens is 2. The Morgan fingerprint density at radius 3 is 2.48 bits per heavy atom. The Morgan fingerprint density at radius 2 is 1.78 bits per heavy atom. The Bertz CT molecular complexity index is 813. The maximum absolute atomic E-state index is 13.1. The predicted molar refractivity (Wildman–Crippen MR) is 83.0 cm³/mol. The Kier molecular flexibility index (Phi) is 4.43. The lowest BCUT2D eigenvalue weighted by atomic mass is 10.2. The van der Waals surface area contributed by atoms with Gasteiger partial charge in [0.2, 0.25) is 0 Å². The van der Waals surface area contributed by atoms with Gasteiger partial charge in [0.05, 0.1) is 11.3 Å². The molecule has 3 rings (SSSR count). The molecule has 0 radical (unpaired) electrons. The molecule has 3 nitrogen and oxygen atoms in total. The summed E-state index contributed by atoms with van der Waals surface area (Å²) in [5, 5.41) is 2.59. The van der Waals surface area contributed by atoms with Crippen molar-refractivity contribution in [1.82, 2.24) is 4.98 Å². The van der Waals surface area contributed by atoms with E-state index in [1.165, 1.54) is 11.3 Å². The smallest absolute Gasteiger partial charge is 0.338 e. The van der Waals surface area contributed by atoms with Crippen LogP contribution < -0.4 is 0 Å². The summed E-state index contributed by atoms with van der Waals surface area (Å²) in [5.41, 5.74) is 1.39. The number of esters is 1. The van der Waals surface area contributed by atoms with Crippen LogP contribution in [-0.2, 0) is 11.3 Å². The number of thiazole rings is 1. The summed E-state index contributed by atoms with van der Waals surface area (Å²) in [5.74, 6) is -2.44. The Hall–Kier alpha value is -2.60. The quantitative estimate of drug-likeness (QED) is 0.663. The van der Waals surface area contributed by atoms with Crippen molar-refractivity contribution in [3.05, 3.63) is 76.8 Å². The number of hydrogen-bond acceptors (Lipinski definition) is 4. The van der Waals surface area contributed by atoms with Crippen LogP contribution in [0.15, 0.2) is 53.9 Å². The number of rotatable bonds is 4. The van der Waals surface area contributed by atoms with Crippen LogP contribution in [0.2, 0.25) is 0 Å². The Labute approximate surface area is 135 Å². The largest absolute Gasteiger partial charge is 0.456 e. The normalized spacial score (nSPS) is 10.5. The summed E-state index contributed by atoms with van der Waals surface area (Å²) >= 11 is 1.43. The monoisotopic (exact) mass is 331 g/mol. The summed E-state index contributed by atoms with van der Waals surface area (Å²) in [6.07, 6.45) is 0. The van der Waals surface area contributed by atoms with E-state index in [0.29, 0.717) is 11.8 Å². The summed E-state index contributed by atoms with van der Waals surface area (Å²) in [4.78, 5) is 16.2. The molecule has 0 saturated heterocycles. The van der Waals surface area contributed by atoms with Gasteiger partial charge in [-0.3, -0.25) is 0 Å². The first-order valence-corrected chi connectivity index (χ1v) is 7.63. The van der Waals surface area contributed by atoms with Gasteiger partial charge in [0.1, 0.15) is 23.2 Å². The molecule has 0 spiro atoms. The third kappa shape index (κ3) is 3.78. The van der Waals surface area contributed by atoms with Crippen LogP contribution in [0, 0.1) is 11.6 Å². The van der Waals surface area contributed by atoms with Gasteiger partial charge in [-0.2, -0.15) is 0 Å². The highest BCUT2D eigenvalue weighted by Gasteiger charge is 2.12. The first-order valence-electron chi connectivity index (χ1n) is 6.75. The van der Waals surface area contributed by atoms with E-state index in [0.717, 1.165) is 22.7 Å². The fourth-order valence-electron chi connectivity index (χ4n) is 1.98. The number of nitrogens with zero attached hydrogens (tertiary/aromatic N) is 1. The fourth-order valence-corrected chi connectivity index (χ4v) is 2.79. The molecular weight excluding hydrogens is 320 g/mol. The van der Waals surface area contributed by atoms with Crippen LogP contribution in [-0.4, -0.2) is 11.0 Å². The van der Waals surface area contributed by atoms with E-state index in [9.17, 15) is 13.6 Å². The van der Waals surface area contributed by atoms with Gasteiger partial charge in [-0.1, -0.05) is 30.3 Å². The van der Waals surface area contributed by atoms with E-state index in [4.69, 9.17) is 4.74 Å². The zero-order valence-electron chi connectivity index (χ0n) is 11.8. The van der Waals surface area contributed by atoms with Crippen molar-refractivity contribution < 1.29 is 18.3 Å². The minimum Gasteiger partial charge on any atom is -0.456 e. The molecule has 0 N–H and O–H groups in total. The van der Waals surface area contributed by atoms with E-state index in [1.807, 2.05) is 30.3 Å². The molecule has 23 heavy (non-hydrogen) atoms.